The lowest BCUT2D eigenvalue weighted by atomic mass is 9.85. The first kappa shape index (κ1) is 23.6. The van der Waals surface area contributed by atoms with Gasteiger partial charge in [-0.05, 0) is 36.6 Å². The van der Waals surface area contributed by atoms with Gasteiger partial charge in [-0.25, -0.2) is 0 Å². The van der Waals surface area contributed by atoms with E-state index >= 15 is 0 Å². The SMILES string of the molecule is C/N=C(/c1cccc(Nc2n[s+]([O-])nc2N[C@@H](c2ccc(C)o2)C(C)(C)C)c1O)N(C)C. The highest BCUT2D eigenvalue weighted by atomic mass is 32.2. The minimum absolute atomic E-state index is 0.00978. The van der Waals surface area contributed by atoms with Gasteiger partial charge in [0.2, 0.25) is 11.6 Å². The van der Waals surface area contributed by atoms with E-state index in [0.717, 1.165) is 11.5 Å². The molecule has 172 valence electrons. The number of aliphatic imine (C=N–C) groups is 1. The van der Waals surface area contributed by atoms with Crippen molar-refractivity contribution in [3.05, 3.63) is 47.4 Å². The van der Waals surface area contributed by atoms with Crippen molar-refractivity contribution in [3.63, 3.8) is 0 Å². The van der Waals surface area contributed by atoms with Gasteiger partial charge in [0.05, 0.1) is 17.3 Å². The third-order valence-corrected chi connectivity index (χ3v) is 5.60. The Hall–Kier alpha value is -3.11. The van der Waals surface area contributed by atoms with E-state index in [-0.39, 0.29) is 23.0 Å². The van der Waals surface area contributed by atoms with E-state index in [1.165, 1.54) is 0 Å². The molecule has 1 aromatic carbocycles. The molecular weight excluding hydrogens is 428 g/mol. The average molecular weight is 459 g/mol. The number of phenols is 1. The average Bonchev–Trinajstić information content (AvgIpc) is 3.27. The Balaban J connectivity index is 1.96. The molecule has 0 radical (unpaired) electrons. The van der Waals surface area contributed by atoms with Gasteiger partial charge in [-0.1, -0.05) is 26.8 Å². The lowest BCUT2D eigenvalue weighted by Gasteiger charge is -2.29. The summed E-state index contributed by atoms with van der Waals surface area (Å²) in [6.07, 6.45) is 0. The van der Waals surface area contributed by atoms with E-state index in [9.17, 15) is 9.66 Å². The molecule has 1 unspecified atom stereocenters. The number of nitrogens with zero attached hydrogens (tertiary/aromatic N) is 4. The Morgan fingerprint density at radius 2 is 1.88 bits per heavy atom. The number of anilines is 3. The van der Waals surface area contributed by atoms with Crippen molar-refractivity contribution in [2.75, 3.05) is 31.8 Å². The van der Waals surface area contributed by atoms with Gasteiger partial charge in [0, 0.05) is 29.9 Å². The highest BCUT2D eigenvalue weighted by molar-refractivity contribution is 7.14. The van der Waals surface area contributed by atoms with Crippen LogP contribution in [-0.4, -0.2) is 50.3 Å². The first-order chi connectivity index (χ1) is 15.0. The first-order valence-electron chi connectivity index (χ1n) is 10.2. The zero-order valence-electron chi connectivity index (χ0n) is 19.4. The largest absolute Gasteiger partial charge is 0.546 e. The summed E-state index contributed by atoms with van der Waals surface area (Å²) in [6.45, 7) is 8.10. The number of aromatic nitrogens is 2. The van der Waals surface area contributed by atoms with E-state index in [1.54, 1.807) is 25.2 Å². The molecule has 0 spiro atoms. The standard InChI is InChI=1S/C22H30N6O3S/c1-13-11-12-16(31-13)18(22(2,3)4)25-20-19(26-32(30)27-20)24-15-10-8-9-14(17(15)29)21(23-5)28(6)7/h8-12,18,29H,1-7H3,(H,24,26)(H,25,27)/b23-21-/t18-,32?/m0/s1. The second-order valence-electron chi connectivity index (χ2n) is 8.77. The second-order valence-corrected chi connectivity index (χ2v) is 9.60. The molecule has 0 bridgehead atoms. The maximum Gasteiger partial charge on any atom is 0.237 e. The van der Waals surface area contributed by atoms with Crippen LogP contribution in [0.2, 0.25) is 0 Å². The third kappa shape index (κ3) is 5.03. The van der Waals surface area contributed by atoms with Gasteiger partial charge in [0.15, 0.2) is 11.1 Å². The number of phenolic OH excluding ortho intramolecular Hbond substituents is 1. The van der Waals surface area contributed by atoms with Crippen LogP contribution >= 0.6 is 11.1 Å². The highest BCUT2D eigenvalue weighted by Gasteiger charge is 2.32. The predicted octanol–water partition coefficient (Wildman–Crippen LogP) is 4.69. The normalized spacial score (nSPS) is 13.8. The molecular formula is C22H30N6O3S. The van der Waals surface area contributed by atoms with Crippen molar-refractivity contribution in [2.24, 2.45) is 10.4 Å². The molecule has 0 aliphatic carbocycles. The van der Waals surface area contributed by atoms with Gasteiger partial charge in [-0.15, -0.1) is 0 Å². The van der Waals surface area contributed by atoms with Gasteiger partial charge in [-0.3, -0.25) is 4.99 Å². The number of amidine groups is 1. The Morgan fingerprint density at radius 3 is 2.44 bits per heavy atom. The summed E-state index contributed by atoms with van der Waals surface area (Å²) in [7, 11) is 5.37. The van der Waals surface area contributed by atoms with Crippen LogP contribution in [0.4, 0.5) is 17.3 Å². The van der Waals surface area contributed by atoms with Crippen molar-refractivity contribution in [2.45, 2.75) is 33.7 Å². The van der Waals surface area contributed by atoms with Gasteiger partial charge >= 0.3 is 0 Å². The topological polar surface area (TPSA) is 122 Å². The summed E-state index contributed by atoms with van der Waals surface area (Å²) in [5.41, 5.74) is 0.730. The first-order valence-corrected chi connectivity index (χ1v) is 11.2. The van der Waals surface area contributed by atoms with Gasteiger partial charge in [0.25, 0.3) is 0 Å². The fourth-order valence-electron chi connectivity index (χ4n) is 3.41. The highest BCUT2D eigenvalue weighted by Crippen LogP contribution is 2.40. The van der Waals surface area contributed by atoms with Crippen LogP contribution < -0.4 is 10.6 Å². The summed E-state index contributed by atoms with van der Waals surface area (Å²) in [5.74, 6) is 2.78. The number of aromatic hydroxyl groups is 1. The van der Waals surface area contributed by atoms with E-state index in [0.29, 0.717) is 22.9 Å². The predicted molar refractivity (Wildman–Crippen MR) is 127 cm³/mol. The zero-order chi connectivity index (χ0) is 23.6. The quantitative estimate of drug-likeness (QED) is 0.210. The van der Waals surface area contributed by atoms with Gasteiger partial charge in [0.1, 0.15) is 23.1 Å². The molecule has 10 heteroatoms. The molecule has 9 nitrogen and oxygen atoms in total. The van der Waals surface area contributed by atoms with Crippen molar-refractivity contribution in [3.8, 4) is 5.75 Å². The van der Waals surface area contributed by atoms with Crippen LogP contribution in [-0.2, 0) is 0 Å². The molecule has 32 heavy (non-hydrogen) atoms. The fraction of sp³-hybridized carbons (Fsp3) is 0.409. The van der Waals surface area contributed by atoms with E-state index < -0.39 is 11.1 Å². The minimum Gasteiger partial charge on any atom is -0.546 e. The number of rotatable bonds is 6. The van der Waals surface area contributed by atoms with Crippen LogP contribution in [0, 0.1) is 12.3 Å². The summed E-state index contributed by atoms with van der Waals surface area (Å²) in [5, 5.41) is 17.3. The summed E-state index contributed by atoms with van der Waals surface area (Å²) in [6, 6.07) is 8.85. The molecule has 2 atom stereocenters. The lowest BCUT2D eigenvalue weighted by molar-refractivity contribution is 0.300. The minimum atomic E-state index is -1.77. The molecule has 3 N–H and O–H groups in total. The van der Waals surface area contributed by atoms with E-state index in [1.807, 2.05) is 38.1 Å². The number of aryl methyl sites for hydroxylation is 1. The van der Waals surface area contributed by atoms with Crippen molar-refractivity contribution in [1.82, 2.24) is 13.6 Å². The maximum atomic E-state index is 12.2. The van der Waals surface area contributed by atoms with E-state index in [4.69, 9.17) is 4.42 Å². The molecule has 3 rings (SSSR count). The van der Waals surface area contributed by atoms with Crippen LogP contribution in [0.3, 0.4) is 0 Å². The number of para-hydroxylation sites is 1. The van der Waals surface area contributed by atoms with Gasteiger partial charge < -0.3 is 29.6 Å². The number of furan rings is 1. The lowest BCUT2D eigenvalue weighted by Crippen LogP contribution is -2.26. The molecule has 0 aliphatic rings. The Kier molecular flexibility index (Phi) is 6.75. The van der Waals surface area contributed by atoms with Crippen molar-refractivity contribution < 1.29 is 14.1 Å². The number of hydrogen-bond acceptors (Lipinski definition) is 8. The molecule has 2 heterocycles. The molecule has 0 aliphatic heterocycles. The summed E-state index contributed by atoms with van der Waals surface area (Å²) >= 11 is -1.77. The molecule has 0 saturated carbocycles. The Labute approximate surface area is 191 Å². The van der Waals surface area contributed by atoms with Crippen LogP contribution in [0.1, 0.15) is 43.9 Å². The smallest absolute Gasteiger partial charge is 0.237 e. The van der Waals surface area contributed by atoms with Crippen LogP contribution in [0.25, 0.3) is 0 Å². The van der Waals surface area contributed by atoms with Crippen molar-refractivity contribution in [1.29, 1.82) is 0 Å². The second kappa shape index (κ2) is 9.17. The van der Waals surface area contributed by atoms with Crippen molar-refractivity contribution >= 4 is 34.3 Å². The number of benzene rings is 1. The van der Waals surface area contributed by atoms with Crippen LogP contribution in [0.15, 0.2) is 39.7 Å². The Morgan fingerprint density at radius 1 is 1.19 bits per heavy atom. The zero-order valence-corrected chi connectivity index (χ0v) is 20.2. The molecule has 2 aromatic heterocycles. The molecule has 0 fully saturated rings. The maximum absolute atomic E-state index is 12.2. The molecule has 0 saturated heterocycles. The molecule has 0 amide bonds. The third-order valence-electron chi connectivity index (χ3n) is 4.92. The summed E-state index contributed by atoms with van der Waals surface area (Å²) < 4.78 is 26.3. The fourth-order valence-corrected chi connectivity index (χ4v) is 4.04. The van der Waals surface area contributed by atoms with Crippen LogP contribution in [0.5, 0.6) is 5.75 Å². The van der Waals surface area contributed by atoms with Gasteiger partial charge in [-0.2, -0.15) is 0 Å². The number of hydrogen-bond donors (Lipinski definition) is 3. The summed E-state index contributed by atoms with van der Waals surface area (Å²) in [4.78, 5) is 6.06. The monoisotopic (exact) mass is 458 g/mol. The van der Waals surface area contributed by atoms with E-state index in [2.05, 4.69) is 45.1 Å². The number of nitrogens with one attached hydrogen (secondary N) is 2. The molecule has 3 aromatic rings. The Bertz CT molecular complexity index is 1110.